The van der Waals surface area contributed by atoms with Gasteiger partial charge in [-0.1, -0.05) is 156 Å². The van der Waals surface area contributed by atoms with Crippen LogP contribution in [-0.4, -0.2) is 70.7 Å². The van der Waals surface area contributed by atoms with E-state index >= 15 is 0 Å². The summed E-state index contributed by atoms with van der Waals surface area (Å²) in [5, 5.41) is 3.89. The number of unbranched alkanes of at least 4 members (excludes halogenated alkanes) is 16. The molecule has 0 fully saturated rings. The van der Waals surface area contributed by atoms with Crippen molar-refractivity contribution < 1.29 is 19.0 Å². The number of rotatable bonds is 41. The SMILES string of the molecule is CCCCCCC(CCCC)COCCCCCCCC(CCCCCCCOC(=O)OCC(CCCC)CCCCCC)NCCCN(C)C. The summed E-state index contributed by atoms with van der Waals surface area (Å²) < 4.78 is 17.1. The normalized spacial score (nSPS) is 13.5. The van der Waals surface area contributed by atoms with E-state index in [0.29, 0.717) is 25.2 Å². The summed E-state index contributed by atoms with van der Waals surface area (Å²) in [5.74, 6) is 1.25. The fourth-order valence-electron chi connectivity index (χ4n) is 7.16. The van der Waals surface area contributed by atoms with E-state index in [1.807, 2.05) is 0 Å². The Morgan fingerprint density at radius 3 is 1.49 bits per heavy atom. The van der Waals surface area contributed by atoms with Crippen LogP contribution in [0.5, 0.6) is 0 Å². The predicted molar refractivity (Wildman–Crippen MR) is 222 cm³/mol. The molecular formula is C45H92N2O4. The van der Waals surface area contributed by atoms with E-state index in [2.05, 4.69) is 52.0 Å². The van der Waals surface area contributed by atoms with E-state index in [4.69, 9.17) is 14.2 Å². The first kappa shape index (κ1) is 50.1. The van der Waals surface area contributed by atoms with E-state index in [-0.39, 0.29) is 0 Å². The van der Waals surface area contributed by atoms with Crippen molar-refractivity contribution in [3.05, 3.63) is 0 Å². The lowest BCUT2D eigenvalue weighted by Crippen LogP contribution is -2.31. The van der Waals surface area contributed by atoms with E-state index in [1.165, 1.54) is 161 Å². The molecule has 306 valence electrons. The molecule has 1 N–H and O–H groups in total. The number of hydrogen-bond acceptors (Lipinski definition) is 6. The highest BCUT2D eigenvalue weighted by Gasteiger charge is 2.13. The number of carbonyl (C=O) groups is 1. The molecule has 3 atom stereocenters. The van der Waals surface area contributed by atoms with Crippen LogP contribution in [0.15, 0.2) is 0 Å². The van der Waals surface area contributed by atoms with Crippen LogP contribution in [0.25, 0.3) is 0 Å². The molecule has 6 nitrogen and oxygen atoms in total. The minimum atomic E-state index is -0.471. The first-order valence-corrected chi connectivity index (χ1v) is 22.7. The van der Waals surface area contributed by atoms with Crippen molar-refractivity contribution in [2.24, 2.45) is 11.8 Å². The van der Waals surface area contributed by atoms with Crippen LogP contribution in [0.3, 0.4) is 0 Å². The highest BCUT2D eigenvalue weighted by Crippen LogP contribution is 2.20. The molecule has 0 aromatic rings. The molecule has 0 saturated heterocycles. The molecule has 0 radical (unpaired) electrons. The summed E-state index contributed by atoms with van der Waals surface area (Å²) in [6.45, 7) is 14.3. The lowest BCUT2D eigenvalue weighted by Gasteiger charge is -2.20. The molecule has 0 saturated carbocycles. The Hall–Kier alpha value is -0.850. The third kappa shape index (κ3) is 37.3. The molecule has 6 heteroatoms. The molecule has 0 aliphatic heterocycles. The second kappa shape index (κ2) is 40.3. The zero-order valence-electron chi connectivity index (χ0n) is 35.6. The first-order chi connectivity index (χ1) is 25.0. The Morgan fingerprint density at radius 2 is 0.941 bits per heavy atom. The summed E-state index contributed by atoms with van der Waals surface area (Å²) in [4.78, 5) is 14.5. The van der Waals surface area contributed by atoms with Gasteiger partial charge in [0.05, 0.1) is 13.2 Å². The molecule has 0 aliphatic rings. The molecule has 0 rings (SSSR count). The number of carbonyl (C=O) groups excluding carboxylic acids is 1. The van der Waals surface area contributed by atoms with Crippen LogP contribution in [0.2, 0.25) is 0 Å². The van der Waals surface area contributed by atoms with Crippen LogP contribution >= 0.6 is 0 Å². The van der Waals surface area contributed by atoms with Crippen molar-refractivity contribution in [1.82, 2.24) is 10.2 Å². The van der Waals surface area contributed by atoms with Crippen molar-refractivity contribution in [3.8, 4) is 0 Å². The molecular weight excluding hydrogens is 633 g/mol. The lowest BCUT2D eigenvalue weighted by molar-refractivity contribution is 0.0407. The maximum atomic E-state index is 12.2. The molecule has 0 amide bonds. The minimum absolute atomic E-state index is 0.471. The summed E-state index contributed by atoms with van der Waals surface area (Å²) in [6.07, 6.45) is 36.2. The summed E-state index contributed by atoms with van der Waals surface area (Å²) in [5.41, 5.74) is 0. The molecule has 0 bridgehead atoms. The highest BCUT2D eigenvalue weighted by molar-refractivity contribution is 5.59. The quantitative estimate of drug-likeness (QED) is 0.0500. The van der Waals surface area contributed by atoms with Gasteiger partial charge in [-0.3, -0.25) is 0 Å². The second-order valence-electron chi connectivity index (χ2n) is 16.1. The van der Waals surface area contributed by atoms with E-state index in [0.717, 1.165) is 57.9 Å². The van der Waals surface area contributed by atoms with Gasteiger partial charge in [-0.05, 0) is 96.8 Å². The predicted octanol–water partition coefficient (Wildman–Crippen LogP) is 13.3. The fraction of sp³-hybridized carbons (Fsp3) is 0.978. The van der Waals surface area contributed by atoms with E-state index in [1.54, 1.807) is 0 Å². The van der Waals surface area contributed by atoms with Crippen LogP contribution in [0, 0.1) is 11.8 Å². The molecule has 0 aliphatic carbocycles. The van der Waals surface area contributed by atoms with Gasteiger partial charge in [0.15, 0.2) is 0 Å². The van der Waals surface area contributed by atoms with Crippen molar-refractivity contribution in [1.29, 1.82) is 0 Å². The van der Waals surface area contributed by atoms with Crippen LogP contribution in [0.4, 0.5) is 4.79 Å². The third-order valence-corrected chi connectivity index (χ3v) is 10.6. The van der Waals surface area contributed by atoms with Crippen molar-refractivity contribution in [3.63, 3.8) is 0 Å². The Balaban J connectivity index is 4.12. The number of ether oxygens (including phenoxy) is 3. The smallest absolute Gasteiger partial charge is 0.434 e. The van der Waals surface area contributed by atoms with Gasteiger partial charge in [-0.25, -0.2) is 4.79 Å². The van der Waals surface area contributed by atoms with E-state index in [9.17, 15) is 4.79 Å². The Morgan fingerprint density at radius 1 is 0.490 bits per heavy atom. The number of nitrogens with one attached hydrogen (secondary N) is 1. The molecule has 0 heterocycles. The summed E-state index contributed by atoms with van der Waals surface area (Å²) >= 11 is 0. The third-order valence-electron chi connectivity index (χ3n) is 10.6. The molecule has 51 heavy (non-hydrogen) atoms. The standard InChI is InChI=1S/C45H92N2O4/c1-7-11-15-23-32-42(30-13-9-3)40-49-38-27-21-17-19-25-34-44(46-36-29-37-47(5)6)35-26-20-18-22-28-39-50-45(48)51-41-43(31-14-10-4)33-24-16-12-8-2/h42-44,46H,7-41H2,1-6H3. The fourth-order valence-corrected chi connectivity index (χ4v) is 7.16. The van der Waals surface area contributed by atoms with Gasteiger partial charge in [0.25, 0.3) is 0 Å². The summed E-state index contributed by atoms with van der Waals surface area (Å²) in [6, 6.07) is 0.638. The number of hydrogen-bond donors (Lipinski definition) is 1. The maximum Gasteiger partial charge on any atom is 0.508 e. The zero-order valence-corrected chi connectivity index (χ0v) is 35.6. The highest BCUT2D eigenvalue weighted by atomic mass is 16.7. The van der Waals surface area contributed by atoms with Crippen molar-refractivity contribution >= 4 is 6.16 Å². The Kier molecular flexibility index (Phi) is 39.7. The molecule has 0 aromatic carbocycles. The van der Waals surface area contributed by atoms with Gasteiger partial charge >= 0.3 is 6.16 Å². The average Bonchev–Trinajstić information content (AvgIpc) is 3.12. The lowest BCUT2D eigenvalue weighted by atomic mass is 9.96. The Bertz CT molecular complexity index is 691. The molecule has 0 aromatic heterocycles. The van der Waals surface area contributed by atoms with Gasteiger partial charge in [-0.15, -0.1) is 0 Å². The monoisotopic (exact) mass is 725 g/mol. The largest absolute Gasteiger partial charge is 0.508 e. The van der Waals surface area contributed by atoms with Crippen LogP contribution in [-0.2, 0) is 14.2 Å². The zero-order chi connectivity index (χ0) is 37.5. The molecule has 3 unspecified atom stereocenters. The van der Waals surface area contributed by atoms with Crippen LogP contribution in [0.1, 0.15) is 214 Å². The second-order valence-corrected chi connectivity index (χ2v) is 16.1. The first-order valence-electron chi connectivity index (χ1n) is 22.7. The number of nitrogens with zero attached hydrogens (tertiary/aromatic N) is 1. The van der Waals surface area contributed by atoms with Gasteiger partial charge in [0.2, 0.25) is 0 Å². The van der Waals surface area contributed by atoms with Crippen LogP contribution < -0.4 is 5.32 Å². The van der Waals surface area contributed by atoms with Gasteiger partial charge < -0.3 is 24.4 Å². The van der Waals surface area contributed by atoms with E-state index < -0.39 is 6.16 Å². The van der Waals surface area contributed by atoms with Gasteiger partial charge in [0.1, 0.15) is 0 Å². The topological polar surface area (TPSA) is 60.0 Å². The van der Waals surface area contributed by atoms with Crippen molar-refractivity contribution in [2.45, 2.75) is 220 Å². The average molecular weight is 725 g/mol. The van der Waals surface area contributed by atoms with Gasteiger partial charge in [-0.2, -0.15) is 0 Å². The molecule has 0 spiro atoms. The van der Waals surface area contributed by atoms with Gasteiger partial charge in [0, 0.05) is 19.3 Å². The Labute approximate surface area is 320 Å². The minimum Gasteiger partial charge on any atom is -0.434 e. The van der Waals surface area contributed by atoms with Crippen molar-refractivity contribution in [2.75, 3.05) is 53.6 Å². The maximum absolute atomic E-state index is 12.2. The summed E-state index contributed by atoms with van der Waals surface area (Å²) in [7, 11) is 4.33.